The summed E-state index contributed by atoms with van der Waals surface area (Å²) in [4.78, 5) is 12.3. The predicted molar refractivity (Wildman–Crippen MR) is 100 cm³/mol. The van der Waals surface area contributed by atoms with Crippen molar-refractivity contribution in [2.24, 2.45) is 0 Å². The summed E-state index contributed by atoms with van der Waals surface area (Å²) < 4.78 is 11.0. The molecule has 0 aliphatic heterocycles. The van der Waals surface area contributed by atoms with Gasteiger partial charge in [0.2, 0.25) is 5.91 Å². The molecular weight excluding hydrogens is 338 g/mol. The molecule has 0 spiro atoms. The number of carbonyl (C=O) groups excluding carboxylic acids is 1. The van der Waals surface area contributed by atoms with Crippen LogP contribution < -0.4 is 10.1 Å². The molecule has 1 N–H and O–H groups in total. The largest absolute Gasteiger partial charge is 0.494 e. The Hall–Kier alpha value is -2.04. The number of nitrogens with one attached hydrogen (secondary N) is 1. The number of rotatable bonds is 8. The number of methoxy groups -OCH3 is 1. The minimum Gasteiger partial charge on any atom is -0.494 e. The van der Waals surface area contributed by atoms with Gasteiger partial charge in [0.25, 0.3) is 0 Å². The van der Waals surface area contributed by atoms with E-state index in [0.717, 1.165) is 16.9 Å². The molecule has 0 aliphatic carbocycles. The van der Waals surface area contributed by atoms with Crippen LogP contribution in [0, 0.1) is 0 Å². The third-order valence-corrected chi connectivity index (χ3v) is 4.34. The zero-order valence-corrected chi connectivity index (χ0v) is 15.6. The van der Waals surface area contributed by atoms with Gasteiger partial charge in [-0.2, -0.15) is 0 Å². The molecule has 2 rings (SSSR count). The van der Waals surface area contributed by atoms with Gasteiger partial charge in [0.05, 0.1) is 19.6 Å². The molecule has 25 heavy (non-hydrogen) atoms. The Bertz CT molecular complexity index is 702. The highest BCUT2D eigenvalue weighted by atomic mass is 35.5. The molecule has 0 bridgehead atoms. The lowest BCUT2D eigenvalue weighted by Crippen LogP contribution is -2.40. The maximum absolute atomic E-state index is 12.3. The van der Waals surface area contributed by atoms with Crippen molar-refractivity contribution < 1.29 is 14.3 Å². The lowest BCUT2D eigenvalue weighted by Gasteiger charge is -2.29. The third-order valence-electron chi connectivity index (χ3n) is 4.11. The molecule has 1 amide bonds. The monoisotopic (exact) mass is 361 g/mol. The van der Waals surface area contributed by atoms with Crippen molar-refractivity contribution in [2.45, 2.75) is 25.9 Å². The van der Waals surface area contributed by atoms with Crippen LogP contribution in [-0.4, -0.2) is 26.2 Å². The topological polar surface area (TPSA) is 47.6 Å². The molecule has 0 aliphatic rings. The molecule has 4 nitrogen and oxygen atoms in total. The van der Waals surface area contributed by atoms with E-state index in [1.165, 1.54) is 0 Å². The quantitative estimate of drug-likeness (QED) is 0.774. The Labute approximate surface area is 154 Å². The molecule has 0 radical (unpaired) electrons. The van der Waals surface area contributed by atoms with Crippen LogP contribution in [0.15, 0.2) is 48.5 Å². The fourth-order valence-corrected chi connectivity index (χ4v) is 2.69. The molecule has 0 saturated heterocycles. The van der Waals surface area contributed by atoms with Gasteiger partial charge in [0.15, 0.2) is 0 Å². The molecule has 5 heteroatoms. The van der Waals surface area contributed by atoms with Gasteiger partial charge in [-0.3, -0.25) is 4.79 Å². The molecule has 1 atom stereocenters. The van der Waals surface area contributed by atoms with Crippen molar-refractivity contribution in [1.29, 1.82) is 0 Å². The Morgan fingerprint density at radius 1 is 1.20 bits per heavy atom. The van der Waals surface area contributed by atoms with Gasteiger partial charge < -0.3 is 14.8 Å². The number of ether oxygens (including phenoxy) is 2. The van der Waals surface area contributed by atoms with Crippen molar-refractivity contribution in [3.8, 4) is 5.75 Å². The maximum Gasteiger partial charge on any atom is 0.224 e. The van der Waals surface area contributed by atoms with Crippen LogP contribution in [-0.2, 0) is 21.6 Å². The summed E-state index contributed by atoms with van der Waals surface area (Å²) in [6, 6.07) is 15.0. The zero-order valence-electron chi connectivity index (χ0n) is 14.8. The average molecular weight is 362 g/mol. The van der Waals surface area contributed by atoms with Crippen LogP contribution in [0.3, 0.4) is 0 Å². The summed E-state index contributed by atoms with van der Waals surface area (Å²) in [7, 11) is 1.62. The number of benzene rings is 2. The number of carbonyl (C=O) groups is 1. The van der Waals surface area contributed by atoms with E-state index in [-0.39, 0.29) is 5.91 Å². The first-order valence-corrected chi connectivity index (χ1v) is 8.64. The van der Waals surface area contributed by atoms with Crippen LogP contribution >= 0.6 is 11.6 Å². The molecule has 2 aromatic carbocycles. The molecule has 0 aromatic heterocycles. The highest BCUT2D eigenvalue weighted by Crippen LogP contribution is 2.26. The Balaban J connectivity index is 1.95. The smallest absolute Gasteiger partial charge is 0.224 e. The molecule has 0 saturated carbocycles. The van der Waals surface area contributed by atoms with Gasteiger partial charge in [-0.25, -0.2) is 0 Å². The van der Waals surface area contributed by atoms with Gasteiger partial charge in [0.1, 0.15) is 11.4 Å². The summed E-state index contributed by atoms with van der Waals surface area (Å²) in [5.41, 5.74) is 1.21. The normalized spacial score (nSPS) is 13.1. The Morgan fingerprint density at radius 3 is 2.52 bits per heavy atom. The Kier molecular flexibility index (Phi) is 6.85. The highest BCUT2D eigenvalue weighted by molar-refractivity contribution is 6.30. The lowest BCUT2D eigenvalue weighted by atomic mass is 9.95. The number of hydrogen-bond acceptors (Lipinski definition) is 3. The average Bonchev–Trinajstić information content (AvgIpc) is 2.61. The van der Waals surface area contributed by atoms with E-state index in [1.807, 2.05) is 62.4 Å². The van der Waals surface area contributed by atoms with Crippen LogP contribution in [0.1, 0.15) is 25.0 Å². The van der Waals surface area contributed by atoms with E-state index in [1.54, 1.807) is 7.11 Å². The van der Waals surface area contributed by atoms with E-state index < -0.39 is 5.60 Å². The first-order valence-electron chi connectivity index (χ1n) is 8.26. The van der Waals surface area contributed by atoms with E-state index in [9.17, 15) is 4.79 Å². The van der Waals surface area contributed by atoms with E-state index in [4.69, 9.17) is 21.1 Å². The summed E-state index contributed by atoms with van der Waals surface area (Å²) in [5, 5.41) is 3.58. The van der Waals surface area contributed by atoms with Crippen LogP contribution in [0.4, 0.5) is 0 Å². The molecule has 0 fully saturated rings. The van der Waals surface area contributed by atoms with Crippen molar-refractivity contribution >= 4 is 17.5 Å². The number of halogens is 1. The molecule has 0 heterocycles. The summed E-state index contributed by atoms with van der Waals surface area (Å²) in [5.74, 6) is 0.744. The second-order valence-electron chi connectivity index (χ2n) is 5.98. The summed E-state index contributed by atoms with van der Waals surface area (Å²) >= 11 is 6.06. The van der Waals surface area contributed by atoms with Crippen molar-refractivity contribution in [2.75, 3.05) is 20.3 Å². The number of amides is 1. The standard InChI is InChI=1S/C20H24ClNO3/c1-4-25-18-10-8-15(9-11-18)12-19(23)22-14-20(2,24-3)16-6-5-7-17(21)13-16/h5-11,13H,4,12,14H2,1-3H3,(H,22,23)/t20-/m1/s1. The highest BCUT2D eigenvalue weighted by Gasteiger charge is 2.27. The van der Waals surface area contributed by atoms with E-state index in [0.29, 0.717) is 24.6 Å². The SMILES string of the molecule is CCOc1ccc(CC(=O)NC[C@@](C)(OC)c2cccc(Cl)c2)cc1. The molecular formula is C20H24ClNO3. The summed E-state index contributed by atoms with van der Waals surface area (Å²) in [6.07, 6.45) is 0.307. The van der Waals surface area contributed by atoms with Crippen molar-refractivity contribution in [3.05, 3.63) is 64.7 Å². The zero-order chi connectivity index (χ0) is 18.3. The van der Waals surface area contributed by atoms with Gasteiger partial charge in [-0.05, 0) is 49.2 Å². The lowest BCUT2D eigenvalue weighted by molar-refractivity contribution is -0.122. The van der Waals surface area contributed by atoms with Gasteiger partial charge in [0, 0.05) is 12.1 Å². The molecule has 0 unspecified atom stereocenters. The molecule has 134 valence electrons. The van der Waals surface area contributed by atoms with Gasteiger partial charge >= 0.3 is 0 Å². The van der Waals surface area contributed by atoms with Crippen molar-refractivity contribution in [3.63, 3.8) is 0 Å². The third kappa shape index (κ3) is 5.48. The minimum absolute atomic E-state index is 0.0607. The van der Waals surface area contributed by atoms with Crippen molar-refractivity contribution in [1.82, 2.24) is 5.32 Å². The van der Waals surface area contributed by atoms with Gasteiger partial charge in [-0.1, -0.05) is 35.9 Å². The first-order chi connectivity index (χ1) is 12.0. The second kappa shape index (κ2) is 8.88. The second-order valence-corrected chi connectivity index (χ2v) is 6.41. The molecule has 2 aromatic rings. The van der Waals surface area contributed by atoms with Gasteiger partial charge in [-0.15, -0.1) is 0 Å². The Morgan fingerprint density at radius 2 is 1.92 bits per heavy atom. The van der Waals surface area contributed by atoms with Crippen LogP contribution in [0.5, 0.6) is 5.75 Å². The number of hydrogen-bond donors (Lipinski definition) is 1. The maximum atomic E-state index is 12.3. The van der Waals surface area contributed by atoms with E-state index in [2.05, 4.69) is 5.32 Å². The first kappa shape index (κ1) is 19.3. The fraction of sp³-hybridized carbons (Fsp3) is 0.350. The van der Waals surface area contributed by atoms with Crippen LogP contribution in [0.2, 0.25) is 5.02 Å². The van der Waals surface area contributed by atoms with Crippen LogP contribution in [0.25, 0.3) is 0 Å². The summed E-state index contributed by atoms with van der Waals surface area (Å²) in [6.45, 7) is 4.85. The predicted octanol–water partition coefficient (Wildman–Crippen LogP) is 3.96. The minimum atomic E-state index is -0.640. The van der Waals surface area contributed by atoms with E-state index >= 15 is 0 Å². The fourth-order valence-electron chi connectivity index (χ4n) is 2.49.